The molecule has 0 radical (unpaired) electrons. The fraction of sp³-hybridized carbons (Fsp3) is 0. The fourth-order valence-electron chi connectivity index (χ4n) is 2.82. The Bertz CT molecular complexity index is 1030. The van der Waals surface area contributed by atoms with Gasteiger partial charge < -0.3 is 21.9 Å². The molecule has 7 heteroatoms. The molecule has 3 aromatic carbocycles. The number of aliphatic imine (C=N–C) groups is 1. The summed E-state index contributed by atoms with van der Waals surface area (Å²) in [6.45, 7) is 0. The van der Waals surface area contributed by atoms with E-state index < -0.39 is 12.0 Å². The Labute approximate surface area is 149 Å². The lowest BCUT2D eigenvalue weighted by Gasteiger charge is -2.14. The lowest BCUT2D eigenvalue weighted by molar-refractivity contribution is 0.0713. The van der Waals surface area contributed by atoms with Gasteiger partial charge in [0.2, 0.25) is 0 Å². The monoisotopic (exact) mass is 347 g/mol. The van der Waals surface area contributed by atoms with Gasteiger partial charge in [-0.15, -0.1) is 0 Å². The molecule has 0 aliphatic carbocycles. The molecule has 3 rings (SSSR count). The van der Waals surface area contributed by atoms with Gasteiger partial charge in [-0.2, -0.15) is 0 Å². The third-order valence-electron chi connectivity index (χ3n) is 3.77. The van der Waals surface area contributed by atoms with E-state index in [2.05, 4.69) is 4.99 Å². The number of fused-ring (bicyclic) bond motifs is 1. The Morgan fingerprint density at radius 2 is 1.62 bits per heavy atom. The van der Waals surface area contributed by atoms with Gasteiger partial charge in [0, 0.05) is 5.56 Å². The fourth-order valence-corrected chi connectivity index (χ4v) is 2.82. The highest BCUT2D eigenvalue weighted by atomic mass is 16.5. The Balaban J connectivity index is 2.34. The van der Waals surface area contributed by atoms with Crippen LogP contribution in [0.2, 0.25) is 0 Å². The molecule has 0 unspecified atom stereocenters. The lowest BCUT2D eigenvalue weighted by Crippen LogP contribution is -2.22. The second-order valence-electron chi connectivity index (χ2n) is 5.52. The van der Waals surface area contributed by atoms with Crippen molar-refractivity contribution in [2.45, 2.75) is 0 Å². The third kappa shape index (κ3) is 3.32. The number of guanidine groups is 1. The smallest absolute Gasteiger partial charge is 0.346 e. The molecule has 0 fully saturated rings. The first kappa shape index (κ1) is 17.0. The molecule has 3 aromatic rings. The van der Waals surface area contributed by atoms with Crippen molar-refractivity contribution in [2.24, 2.45) is 22.2 Å². The van der Waals surface area contributed by atoms with Crippen molar-refractivity contribution >= 4 is 34.4 Å². The van der Waals surface area contributed by atoms with Crippen molar-refractivity contribution in [1.29, 1.82) is 5.41 Å². The van der Waals surface area contributed by atoms with Crippen LogP contribution in [0.4, 0.5) is 5.69 Å². The average molecular weight is 347 g/mol. The van der Waals surface area contributed by atoms with Crippen molar-refractivity contribution < 1.29 is 9.53 Å². The van der Waals surface area contributed by atoms with Crippen LogP contribution in [0, 0.1) is 5.41 Å². The molecule has 0 saturated carbocycles. The maximum Gasteiger partial charge on any atom is 0.346 e. The van der Waals surface area contributed by atoms with Crippen molar-refractivity contribution in [2.75, 3.05) is 0 Å². The van der Waals surface area contributed by atoms with Gasteiger partial charge in [0.15, 0.2) is 5.96 Å². The maximum atomic E-state index is 12.5. The van der Waals surface area contributed by atoms with Crippen LogP contribution in [0.1, 0.15) is 10.4 Å². The lowest BCUT2D eigenvalue weighted by atomic mass is 9.93. The normalized spacial score (nSPS) is 10.3. The van der Waals surface area contributed by atoms with Crippen LogP contribution in [0.15, 0.2) is 65.7 Å². The van der Waals surface area contributed by atoms with E-state index in [1.807, 2.05) is 42.5 Å². The molecule has 130 valence electrons. The number of carbonyl (C=O) groups is 1. The van der Waals surface area contributed by atoms with Gasteiger partial charge in [0.25, 0.3) is 6.02 Å². The highest BCUT2D eigenvalue weighted by Gasteiger charge is 2.20. The number of carbonyl (C=O) groups excluding carboxylic acids is 1. The van der Waals surface area contributed by atoms with Gasteiger partial charge in [-0.1, -0.05) is 48.5 Å². The summed E-state index contributed by atoms with van der Waals surface area (Å²) in [6, 6.07) is 17.7. The van der Waals surface area contributed by atoms with E-state index in [1.165, 1.54) is 0 Å². The topological polar surface area (TPSA) is 141 Å². The second kappa shape index (κ2) is 6.94. The van der Waals surface area contributed by atoms with E-state index >= 15 is 0 Å². The molecule has 0 bridgehead atoms. The quantitative estimate of drug-likeness (QED) is 0.327. The SMILES string of the molecule is N=C(N)OC(=O)c1cccc(N=C(N)N)c1-c1cccc2ccccc12. The van der Waals surface area contributed by atoms with Crippen LogP contribution in [-0.4, -0.2) is 18.0 Å². The predicted molar refractivity (Wildman–Crippen MR) is 102 cm³/mol. The molecule has 0 amide bonds. The van der Waals surface area contributed by atoms with Crippen LogP contribution in [-0.2, 0) is 4.74 Å². The zero-order valence-corrected chi connectivity index (χ0v) is 13.8. The van der Waals surface area contributed by atoms with Crippen molar-refractivity contribution in [1.82, 2.24) is 0 Å². The molecule has 0 aliphatic rings. The summed E-state index contributed by atoms with van der Waals surface area (Å²) in [5.41, 5.74) is 18.2. The number of nitrogens with zero attached hydrogens (tertiary/aromatic N) is 1. The highest BCUT2D eigenvalue weighted by molar-refractivity contribution is 6.09. The van der Waals surface area contributed by atoms with Crippen molar-refractivity contribution in [3.05, 3.63) is 66.2 Å². The minimum absolute atomic E-state index is 0.136. The van der Waals surface area contributed by atoms with Gasteiger partial charge >= 0.3 is 5.97 Å². The Morgan fingerprint density at radius 3 is 2.35 bits per heavy atom. The van der Waals surface area contributed by atoms with Crippen molar-refractivity contribution in [3.8, 4) is 11.1 Å². The average Bonchev–Trinajstić information content (AvgIpc) is 2.60. The van der Waals surface area contributed by atoms with E-state index in [0.29, 0.717) is 11.3 Å². The molecule has 0 heterocycles. The van der Waals surface area contributed by atoms with Crippen LogP contribution in [0.5, 0.6) is 0 Å². The van der Waals surface area contributed by atoms with Crippen LogP contribution < -0.4 is 17.2 Å². The minimum Gasteiger partial charge on any atom is -0.389 e. The van der Waals surface area contributed by atoms with E-state index in [9.17, 15) is 4.79 Å². The van der Waals surface area contributed by atoms with Crippen LogP contribution in [0.3, 0.4) is 0 Å². The number of esters is 1. The molecule has 7 nitrogen and oxygen atoms in total. The Hall–Kier alpha value is -3.87. The van der Waals surface area contributed by atoms with Crippen LogP contribution >= 0.6 is 0 Å². The number of hydrogen-bond acceptors (Lipinski definition) is 4. The molecule has 0 aromatic heterocycles. The predicted octanol–water partition coefficient (Wildman–Crippen LogP) is 2.46. The zero-order chi connectivity index (χ0) is 18.7. The summed E-state index contributed by atoms with van der Waals surface area (Å²) in [5.74, 6) is -0.892. The highest BCUT2D eigenvalue weighted by Crippen LogP contribution is 2.38. The number of benzene rings is 3. The largest absolute Gasteiger partial charge is 0.389 e. The molecular weight excluding hydrogens is 330 g/mol. The summed E-state index contributed by atoms with van der Waals surface area (Å²) in [6.07, 6.45) is 0. The first-order valence-corrected chi connectivity index (χ1v) is 7.74. The molecule has 7 N–H and O–H groups in total. The minimum atomic E-state index is -0.756. The zero-order valence-electron chi connectivity index (χ0n) is 13.8. The van der Waals surface area contributed by atoms with Crippen LogP contribution in [0.25, 0.3) is 21.9 Å². The molecule has 0 spiro atoms. The van der Waals surface area contributed by atoms with Crippen molar-refractivity contribution in [3.63, 3.8) is 0 Å². The number of nitrogens with two attached hydrogens (primary N) is 3. The van der Waals surface area contributed by atoms with Gasteiger partial charge in [0.05, 0.1) is 11.3 Å². The number of amidine groups is 1. The van der Waals surface area contributed by atoms with E-state index in [4.69, 9.17) is 27.3 Å². The summed E-state index contributed by atoms with van der Waals surface area (Å²) in [4.78, 5) is 16.6. The number of nitrogens with one attached hydrogen (secondary N) is 1. The number of hydrogen-bond donors (Lipinski definition) is 4. The summed E-state index contributed by atoms with van der Waals surface area (Å²) in [7, 11) is 0. The molecule has 0 saturated heterocycles. The van der Waals surface area contributed by atoms with Gasteiger partial charge in [-0.05, 0) is 28.5 Å². The molecule has 26 heavy (non-hydrogen) atoms. The van der Waals surface area contributed by atoms with E-state index in [1.54, 1.807) is 18.2 Å². The van der Waals surface area contributed by atoms with Gasteiger partial charge in [-0.3, -0.25) is 5.41 Å². The number of rotatable bonds is 3. The third-order valence-corrected chi connectivity index (χ3v) is 3.77. The van der Waals surface area contributed by atoms with Gasteiger partial charge in [0.1, 0.15) is 0 Å². The molecule has 0 atom stereocenters. The first-order chi connectivity index (χ1) is 12.5. The summed E-state index contributed by atoms with van der Waals surface area (Å²) >= 11 is 0. The van der Waals surface area contributed by atoms with Gasteiger partial charge in [-0.25, -0.2) is 9.79 Å². The standard InChI is InChI=1S/C19H17N5O2/c20-18(21)24-15-10-4-9-14(17(25)26-19(22)23)16(15)13-8-3-6-11-5-1-2-7-12(11)13/h1-10H,(H3,22,23)(H4,20,21,24). The molecule has 0 aliphatic heterocycles. The molecular formula is C19H17N5O2. The second-order valence-corrected chi connectivity index (χ2v) is 5.52. The maximum absolute atomic E-state index is 12.5. The number of ether oxygens (including phenoxy) is 1. The Morgan fingerprint density at radius 1 is 0.923 bits per heavy atom. The summed E-state index contributed by atoms with van der Waals surface area (Å²) < 4.78 is 4.78. The van der Waals surface area contributed by atoms with E-state index in [-0.39, 0.29) is 11.5 Å². The van der Waals surface area contributed by atoms with E-state index in [0.717, 1.165) is 16.3 Å². The Kier molecular flexibility index (Phi) is 4.53. The first-order valence-electron chi connectivity index (χ1n) is 7.74. The summed E-state index contributed by atoms with van der Waals surface area (Å²) in [5, 5.41) is 9.13.